The maximum absolute atomic E-state index is 12.9. The molecule has 1 fully saturated rings. The first-order valence-electron chi connectivity index (χ1n) is 9.30. The predicted octanol–water partition coefficient (Wildman–Crippen LogP) is 2.86. The highest BCUT2D eigenvalue weighted by Gasteiger charge is 2.38. The first kappa shape index (κ1) is 17.0. The van der Waals surface area contributed by atoms with E-state index in [1.54, 1.807) is 11.8 Å². The van der Waals surface area contributed by atoms with Gasteiger partial charge in [-0.05, 0) is 37.3 Å². The van der Waals surface area contributed by atoms with Crippen LogP contribution in [-0.2, 0) is 4.79 Å². The van der Waals surface area contributed by atoms with Gasteiger partial charge in [-0.15, -0.1) is 0 Å². The number of nitrogens with one attached hydrogen (secondary N) is 1. The van der Waals surface area contributed by atoms with E-state index in [0.717, 1.165) is 42.1 Å². The van der Waals surface area contributed by atoms with Crippen molar-refractivity contribution in [3.63, 3.8) is 0 Å². The number of anilines is 1. The van der Waals surface area contributed by atoms with Crippen LogP contribution in [0.25, 0.3) is 10.8 Å². The van der Waals surface area contributed by atoms with Crippen LogP contribution >= 0.6 is 0 Å². The highest BCUT2D eigenvalue weighted by Crippen LogP contribution is 2.39. The molecule has 1 saturated carbocycles. The highest BCUT2D eigenvalue weighted by atomic mass is 16.3. The van der Waals surface area contributed by atoms with Gasteiger partial charge in [0.2, 0.25) is 5.91 Å². The predicted molar refractivity (Wildman–Crippen MR) is 101 cm³/mol. The topological polar surface area (TPSA) is 69.6 Å². The number of amides is 2. The minimum atomic E-state index is -0.599. The van der Waals surface area contributed by atoms with E-state index in [1.807, 2.05) is 36.4 Å². The van der Waals surface area contributed by atoms with Gasteiger partial charge in [0.05, 0.1) is 12.3 Å². The fourth-order valence-electron chi connectivity index (χ4n) is 4.38. The van der Waals surface area contributed by atoms with Crippen molar-refractivity contribution in [2.24, 2.45) is 5.41 Å². The lowest BCUT2D eigenvalue weighted by Crippen LogP contribution is -2.49. The fourth-order valence-corrected chi connectivity index (χ4v) is 4.38. The molecule has 2 aromatic rings. The molecule has 136 valence electrons. The molecule has 2 amide bonds. The summed E-state index contributed by atoms with van der Waals surface area (Å²) < 4.78 is 0. The zero-order valence-corrected chi connectivity index (χ0v) is 15.0. The zero-order chi connectivity index (χ0) is 18.3. The first-order valence-corrected chi connectivity index (χ1v) is 9.30. The molecule has 1 atom stereocenters. The van der Waals surface area contributed by atoms with Crippen LogP contribution in [-0.4, -0.2) is 36.1 Å². The molecule has 0 spiro atoms. The van der Waals surface area contributed by atoms with Crippen molar-refractivity contribution in [1.29, 1.82) is 0 Å². The number of hydrogen-bond donors (Lipinski definition) is 2. The molecule has 5 nitrogen and oxygen atoms in total. The summed E-state index contributed by atoms with van der Waals surface area (Å²) in [6, 6.07) is 10.9. The summed E-state index contributed by atoms with van der Waals surface area (Å²) in [5.74, 6) is -0.305. The summed E-state index contributed by atoms with van der Waals surface area (Å²) in [7, 11) is 0. The van der Waals surface area contributed by atoms with Crippen molar-refractivity contribution in [2.75, 3.05) is 18.1 Å². The Kier molecular flexibility index (Phi) is 4.19. The van der Waals surface area contributed by atoms with E-state index in [4.69, 9.17) is 0 Å². The van der Waals surface area contributed by atoms with Crippen LogP contribution in [0, 0.1) is 5.41 Å². The van der Waals surface area contributed by atoms with Crippen LogP contribution in [0.1, 0.15) is 43.0 Å². The molecule has 2 aromatic carbocycles. The van der Waals surface area contributed by atoms with Crippen molar-refractivity contribution in [3.05, 3.63) is 42.0 Å². The second-order valence-electron chi connectivity index (χ2n) is 7.61. The lowest BCUT2D eigenvalue weighted by molar-refractivity contribution is -0.122. The van der Waals surface area contributed by atoms with Crippen LogP contribution in [0.4, 0.5) is 5.69 Å². The van der Waals surface area contributed by atoms with E-state index in [0.29, 0.717) is 12.1 Å². The number of carbonyl (C=O) groups excluding carboxylic acids is 2. The van der Waals surface area contributed by atoms with Crippen molar-refractivity contribution >= 4 is 28.3 Å². The number of aliphatic hydroxyl groups excluding tert-OH is 1. The number of rotatable bonds is 5. The number of hydrogen-bond acceptors (Lipinski definition) is 3. The normalized spacial score (nSPS) is 19.2. The SMILES string of the molecule is CC(C(=O)NCC1(CO)CCCC1)N1C(=O)c2cccc3cccc1c23. The van der Waals surface area contributed by atoms with E-state index in [1.165, 1.54) is 0 Å². The smallest absolute Gasteiger partial charge is 0.259 e. The molecular weight excluding hydrogens is 328 g/mol. The Balaban J connectivity index is 1.55. The third kappa shape index (κ3) is 2.58. The number of aliphatic hydroxyl groups is 1. The third-order valence-electron chi connectivity index (χ3n) is 6.00. The molecule has 5 heteroatoms. The third-order valence-corrected chi connectivity index (χ3v) is 6.00. The Bertz CT molecular complexity index is 865. The minimum absolute atomic E-state index is 0.0923. The molecule has 26 heavy (non-hydrogen) atoms. The largest absolute Gasteiger partial charge is 0.396 e. The molecular formula is C21H24N2O3. The van der Waals surface area contributed by atoms with E-state index in [-0.39, 0.29) is 23.8 Å². The van der Waals surface area contributed by atoms with Gasteiger partial charge in [0, 0.05) is 22.9 Å². The van der Waals surface area contributed by atoms with Gasteiger partial charge >= 0.3 is 0 Å². The Hall–Kier alpha value is -2.40. The summed E-state index contributed by atoms with van der Waals surface area (Å²) in [5.41, 5.74) is 1.25. The maximum atomic E-state index is 12.9. The summed E-state index contributed by atoms with van der Waals surface area (Å²) in [6.45, 7) is 2.32. The van der Waals surface area contributed by atoms with Crippen molar-refractivity contribution < 1.29 is 14.7 Å². The fraction of sp³-hybridized carbons (Fsp3) is 0.429. The summed E-state index contributed by atoms with van der Waals surface area (Å²) >= 11 is 0. The van der Waals surface area contributed by atoms with Gasteiger partial charge < -0.3 is 10.4 Å². The maximum Gasteiger partial charge on any atom is 0.259 e. The molecule has 0 aromatic heterocycles. The average Bonchev–Trinajstić information content (AvgIpc) is 3.25. The second-order valence-corrected chi connectivity index (χ2v) is 7.61. The molecule has 0 radical (unpaired) electrons. The van der Waals surface area contributed by atoms with Crippen LogP contribution in [0.3, 0.4) is 0 Å². The van der Waals surface area contributed by atoms with Crippen LogP contribution < -0.4 is 10.2 Å². The molecule has 1 aliphatic carbocycles. The van der Waals surface area contributed by atoms with Crippen LogP contribution in [0.15, 0.2) is 36.4 Å². The summed E-state index contributed by atoms with van der Waals surface area (Å²) in [6.07, 6.45) is 4.05. The van der Waals surface area contributed by atoms with Gasteiger partial charge in [0.25, 0.3) is 5.91 Å². The lowest BCUT2D eigenvalue weighted by atomic mass is 9.87. The van der Waals surface area contributed by atoms with E-state index < -0.39 is 6.04 Å². The second kappa shape index (κ2) is 6.40. The zero-order valence-electron chi connectivity index (χ0n) is 15.0. The van der Waals surface area contributed by atoms with Gasteiger partial charge in [-0.1, -0.05) is 37.1 Å². The Labute approximate surface area is 153 Å². The van der Waals surface area contributed by atoms with Crippen LogP contribution in [0.5, 0.6) is 0 Å². The Morgan fingerprint density at radius 1 is 1.23 bits per heavy atom. The van der Waals surface area contributed by atoms with Crippen molar-refractivity contribution in [2.45, 2.75) is 38.6 Å². The summed E-state index contributed by atoms with van der Waals surface area (Å²) in [5, 5.41) is 14.6. The van der Waals surface area contributed by atoms with Gasteiger partial charge in [-0.3, -0.25) is 14.5 Å². The standard InChI is InChI=1S/C21H24N2O3/c1-14(19(25)22-12-21(13-24)10-2-3-11-21)23-17-9-5-7-15-6-4-8-16(18(15)17)20(23)26/h4-9,14,24H,2-3,10-13H2,1H3,(H,22,25). The average molecular weight is 352 g/mol. The molecule has 0 saturated heterocycles. The molecule has 0 bridgehead atoms. The van der Waals surface area contributed by atoms with Gasteiger partial charge in [0.15, 0.2) is 0 Å². The first-order chi connectivity index (χ1) is 12.6. The number of nitrogens with zero attached hydrogens (tertiary/aromatic N) is 1. The quantitative estimate of drug-likeness (QED) is 0.869. The Morgan fingerprint density at radius 3 is 2.62 bits per heavy atom. The Morgan fingerprint density at radius 2 is 1.92 bits per heavy atom. The molecule has 4 rings (SSSR count). The monoisotopic (exact) mass is 352 g/mol. The van der Waals surface area contributed by atoms with Crippen molar-refractivity contribution in [1.82, 2.24) is 5.32 Å². The minimum Gasteiger partial charge on any atom is -0.396 e. The molecule has 1 aliphatic heterocycles. The molecule has 2 aliphatic rings. The van der Waals surface area contributed by atoms with Gasteiger partial charge in [-0.2, -0.15) is 0 Å². The van der Waals surface area contributed by atoms with Crippen molar-refractivity contribution in [3.8, 4) is 0 Å². The number of benzene rings is 2. The van der Waals surface area contributed by atoms with E-state index in [9.17, 15) is 14.7 Å². The highest BCUT2D eigenvalue weighted by molar-refractivity contribution is 6.26. The molecule has 1 heterocycles. The lowest BCUT2D eigenvalue weighted by Gasteiger charge is -2.29. The molecule has 1 unspecified atom stereocenters. The van der Waals surface area contributed by atoms with Crippen LogP contribution in [0.2, 0.25) is 0 Å². The van der Waals surface area contributed by atoms with Gasteiger partial charge in [-0.25, -0.2) is 0 Å². The summed E-state index contributed by atoms with van der Waals surface area (Å²) in [4.78, 5) is 27.3. The van der Waals surface area contributed by atoms with Gasteiger partial charge in [0.1, 0.15) is 6.04 Å². The van der Waals surface area contributed by atoms with E-state index in [2.05, 4.69) is 5.32 Å². The number of carbonyl (C=O) groups is 2. The molecule has 2 N–H and O–H groups in total. The van der Waals surface area contributed by atoms with E-state index >= 15 is 0 Å².